The summed E-state index contributed by atoms with van der Waals surface area (Å²) in [5.74, 6) is 0. The van der Waals surface area contributed by atoms with Crippen molar-refractivity contribution in [3.8, 4) is 0 Å². The van der Waals surface area contributed by atoms with Crippen molar-refractivity contribution in [3.05, 3.63) is 39.4 Å². The molecule has 16 nitrogen and oxygen atoms in total. The van der Waals surface area contributed by atoms with E-state index >= 15 is 0 Å². The van der Waals surface area contributed by atoms with Crippen molar-refractivity contribution in [1.29, 1.82) is 31.6 Å². The average Bonchev–Trinajstić information content (AvgIpc) is 2.33. The molecule has 20 N–H and O–H groups in total. The smallest absolute Gasteiger partial charge is 0.512 e. The summed E-state index contributed by atoms with van der Waals surface area (Å²) in [5, 5.41) is 37.5. The fourth-order valence-electron chi connectivity index (χ4n) is 0. The van der Waals surface area contributed by atoms with Crippen LogP contribution in [0.4, 0.5) is 0 Å². The van der Waals surface area contributed by atoms with Gasteiger partial charge in [0.1, 0.15) is 0 Å². The topological polar surface area (TPSA) is 458 Å². The molecule has 0 unspecified atom stereocenters. The molecule has 0 amide bonds. The second-order valence-electron chi connectivity index (χ2n) is 0. The molecule has 0 atom stereocenters. The number of hydrogen-bond donors (Lipinski definition) is 0. The van der Waals surface area contributed by atoms with E-state index in [9.17, 15) is 0 Å². The molecule has 0 aliphatic heterocycles. The molecule has 0 aromatic carbocycles. The first-order valence-electron chi connectivity index (χ1n) is 1.34. The maximum atomic E-state index is 6.25. The van der Waals surface area contributed by atoms with Gasteiger partial charge >= 0.3 is 68.5 Å². The fourth-order valence-corrected chi connectivity index (χ4v) is 0. The van der Waals surface area contributed by atoms with Crippen molar-refractivity contribution in [2.24, 2.45) is 0 Å². The van der Waals surface area contributed by atoms with Gasteiger partial charge in [0, 0.05) is 103 Å². The Morgan fingerprint density at radius 1 is 0.269 bits per heavy atom. The zero-order valence-electron chi connectivity index (χ0n) is 14.0. The molecule has 145 valence electrons. The molecule has 0 rings (SSSR count). The van der Waals surface area contributed by atoms with Gasteiger partial charge in [0.05, 0.1) is 0 Å². The van der Waals surface area contributed by atoms with Crippen LogP contribution in [0.5, 0.6) is 0 Å². The summed E-state index contributed by atoms with van der Waals surface area (Å²) in [6, 6.07) is 0. The summed E-state index contributed by atoms with van der Waals surface area (Å²) in [6.07, 6.45) is 0. The summed E-state index contributed by atoms with van der Waals surface area (Å²) < 4.78 is 0. The van der Waals surface area contributed by atoms with Gasteiger partial charge < -0.3 is 126 Å². The third-order valence-electron chi connectivity index (χ3n) is 0. The van der Waals surface area contributed by atoms with Crippen molar-refractivity contribution in [3.63, 3.8) is 0 Å². The number of hydrogen-bond acceptors (Lipinski definition) is 6. The molecular weight excluding hydrogens is 489 g/mol. The van der Waals surface area contributed by atoms with E-state index in [0.29, 0.717) is 0 Å². The fraction of sp³-hybridized carbons (Fsp3) is 0. The van der Waals surface area contributed by atoms with Crippen molar-refractivity contribution >= 4 is 103 Å². The summed E-state index contributed by atoms with van der Waals surface area (Å²) >= 11 is 0. The van der Waals surface area contributed by atoms with E-state index < -0.39 is 0 Å². The molecule has 0 saturated carbocycles. The van der Waals surface area contributed by atoms with Crippen LogP contribution in [0.25, 0.3) is 0 Å². The van der Waals surface area contributed by atoms with E-state index in [1.54, 1.807) is 0 Å². The van der Waals surface area contributed by atoms with Gasteiger partial charge in [-0.25, -0.2) is 0 Å². The van der Waals surface area contributed by atoms with Gasteiger partial charge in [0.15, 0.2) is 0 Å². The zero-order valence-corrected chi connectivity index (χ0v) is 24.5. The van der Waals surface area contributed by atoms with E-state index in [1.807, 2.05) is 0 Å². The number of rotatable bonds is 0. The zero-order chi connectivity index (χ0) is 12.0. The second-order valence-corrected chi connectivity index (χ2v) is 0. The summed E-state index contributed by atoms with van der Waals surface area (Å²) in [6.45, 7) is 28.5. The first-order valence-corrected chi connectivity index (χ1v) is 1.34. The van der Waals surface area contributed by atoms with Crippen molar-refractivity contribution in [1.82, 2.24) is 0 Å². The van der Waals surface area contributed by atoms with Gasteiger partial charge in [-0.2, -0.15) is 0 Å². The molecule has 3 radical (unpaired) electrons. The van der Waals surface area contributed by atoms with Gasteiger partial charge in [0.2, 0.25) is 0 Å². The monoisotopic (exact) mass is 509 g/mol. The molecule has 0 spiro atoms. The van der Waals surface area contributed by atoms with Gasteiger partial charge in [-0.3, -0.25) is 0 Å². The average molecular weight is 509 g/mol. The maximum absolute atomic E-state index is 6.25. The molecule has 0 aliphatic rings. The Kier molecular flexibility index (Phi) is 57800. The van der Waals surface area contributed by atoms with Crippen LogP contribution in [0.3, 0.4) is 0 Å². The van der Waals surface area contributed by atoms with E-state index in [2.05, 4.69) is 0 Å². The predicted octanol–water partition coefficient (Wildman–Crippen LogP) is -11.4. The van der Waals surface area contributed by atoms with Gasteiger partial charge in [-0.1, -0.05) is 0 Å². The third kappa shape index (κ3) is 4180. The molecule has 0 saturated heterocycles. The standard InChI is InChI=1S/6CN.Fe.3K.10H2O/c6*1-2;;;;;;;;;;;;;;/h;;;;;;;;;;10*1H2/q6*-1;+5;;;+1;;;;;;;;;;. The Bertz CT molecular complexity index is 128. The molecule has 26 heavy (non-hydrogen) atoms. The van der Waals surface area contributed by atoms with Gasteiger partial charge in [0.25, 0.3) is 0 Å². The molecule has 20 heteroatoms. The Morgan fingerprint density at radius 2 is 0.269 bits per heavy atom. The van der Waals surface area contributed by atoms with Crippen molar-refractivity contribution in [2.45, 2.75) is 0 Å². The van der Waals surface area contributed by atoms with Crippen LogP contribution in [-0.4, -0.2) is 158 Å². The largest absolute Gasteiger partial charge is 5.00 e. The van der Waals surface area contributed by atoms with E-state index in [4.69, 9.17) is 71.0 Å². The van der Waals surface area contributed by atoms with E-state index in [1.165, 1.54) is 0 Å². The minimum Gasteiger partial charge on any atom is -0.512 e. The molecule has 0 fully saturated rings. The Labute approximate surface area is 290 Å². The quantitative estimate of drug-likeness (QED) is 0.225. The SMILES string of the molecule is O.O.O.O.O.O.O.O.O.O.[C-]#N.[C-]#N.[C-]#N.[C-]#N.[C-]#N.[C-]#N.[Fe+5].[K+].[K].[K]. The minimum atomic E-state index is 0. The Morgan fingerprint density at radius 3 is 0.269 bits per heavy atom. The minimum absolute atomic E-state index is 0. The van der Waals surface area contributed by atoms with Crippen LogP contribution in [0.2, 0.25) is 0 Å². The Hall–Kier alpha value is 1.97. The predicted molar refractivity (Wildman–Crippen MR) is 77.5 cm³/mol. The van der Waals surface area contributed by atoms with E-state index in [-0.39, 0.29) is 226 Å². The first kappa shape index (κ1) is 320. The molecule has 0 aromatic heterocycles. The van der Waals surface area contributed by atoms with Crippen molar-refractivity contribution in [2.75, 3.05) is 0 Å². The van der Waals surface area contributed by atoms with Crippen LogP contribution in [0.15, 0.2) is 0 Å². The number of nitrogens with zero attached hydrogens (tertiary/aromatic N) is 6. The normalized spacial score (nSPS) is 0.462. The van der Waals surface area contributed by atoms with Crippen molar-refractivity contribution < 1.29 is 123 Å². The molecule has 0 aromatic rings. The summed E-state index contributed by atoms with van der Waals surface area (Å²) in [4.78, 5) is 0. The van der Waals surface area contributed by atoms with Crippen LogP contribution < -0.4 is 51.4 Å². The second kappa shape index (κ2) is 4690. The molecule has 0 heterocycles. The van der Waals surface area contributed by atoms with Crippen LogP contribution in [0.1, 0.15) is 0 Å². The third-order valence-corrected chi connectivity index (χ3v) is 0. The van der Waals surface area contributed by atoms with E-state index in [0.717, 1.165) is 0 Å². The first-order chi connectivity index (χ1) is 6.00. The van der Waals surface area contributed by atoms with Crippen LogP contribution in [-0.2, 0) is 17.1 Å². The summed E-state index contributed by atoms with van der Waals surface area (Å²) in [7, 11) is 0. The maximum Gasteiger partial charge on any atom is 5.00 e. The van der Waals surface area contributed by atoms with Crippen LogP contribution >= 0.6 is 0 Å². The van der Waals surface area contributed by atoms with Gasteiger partial charge in [-0.15, -0.1) is 0 Å². The Balaban J connectivity index is -0.000000000833. The molecule has 0 bridgehead atoms. The molecular formula is C6H20FeK3N6O10. The van der Waals surface area contributed by atoms with Gasteiger partial charge in [-0.05, 0) is 0 Å². The van der Waals surface area contributed by atoms with Crippen LogP contribution in [0, 0.1) is 71.0 Å². The summed E-state index contributed by atoms with van der Waals surface area (Å²) in [5.41, 5.74) is 0. The molecule has 0 aliphatic carbocycles.